The van der Waals surface area contributed by atoms with Gasteiger partial charge in [0.1, 0.15) is 0 Å². The summed E-state index contributed by atoms with van der Waals surface area (Å²) in [7, 11) is 0. The second kappa shape index (κ2) is 4.69. The van der Waals surface area contributed by atoms with E-state index in [1.807, 2.05) is 6.08 Å². The summed E-state index contributed by atoms with van der Waals surface area (Å²) in [6, 6.07) is 0. The van der Waals surface area contributed by atoms with Gasteiger partial charge in [-0.2, -0.15) is 0 Å². The van der Waals surface area contributed by atoms with Gasteiger partial charge in [-0.1, -0.05) is 52.5 Å². The lowest BCUT2D eigenvalue weighted by atomic mass is 9.63. The van der Waals surface area contributed by atoms with E-state index in [0.717, 1.165) is 12.2 Å². The highest BCUT2D eigenvalue weighted by Gasteiger charge is 2.39. The van der Waals surface area contributed by atoms with Crippen LogP contribution in [0.15, 0.2) is 37.1 Å². The third kappa shape index (κ3) is 2.74. The average Bonchev–Trinajstić information content (AvgIpc) is 2.13. The summed E-state index contributed by atoms with van der Waals surface area (Å²) in [6.07, 6.45) is 1.84. The quantitative estimate of drug-likeness (QED) is 0.651. The molecule has 0 amide bonds. The molecule has 0 radical (unpaired) electrons. The molecule has 0 aliphatic carbocycles. The highest BCUT2D eigenvalue weighted by molar-refractivity contribution is 5.20. The van der Waals surface area contributed by atoms with Crippen molar-refractivity contribution < 1.29 is 0 Å². The van der Waals surface area contributed by atoms with Crippen molar-refractivity contribution in [2.24, 2.45) is 10.8 Å². The molecule has 0 rings (SSSR count). The van der Waals surface area contributed by atoms with Gasteiger partial charge in [-0.15, -0.1) is 6.58 Å². The third-order valence-corrected chi connectivity index (χ3v) is 3.84. The predicted octanol–water partition coefficient (Wildman–Crippen LogP) is 3.90. The van der Waals surface area contributed by atoms with E-state index in [1.54, 1.807) is 0 Å². The van der Waals surface area contributed by atoms with E-state index in [-0.39, 0.29) is 10.8 Å². The number of hydrogen-bond donors (Lipinski definition) is 1. The van der Waals surface area contributed by atoms with Crippen LogP contribution in [0.5, 0.6) is 0 Å². The molecule has 0 aliphatic rings. The van der Waals surface area contributed by atoms with Gasteiger partial charge in [0, 0.05) is 17.7 Å². The van der Waals surface area contributed by atoms with Gasteiger partial charge in [-0.25, -0.2) is 0 Å². The van der Waals surface area contributed by atoms with Crippen LogP contribution in [0.3, 0.4) is 0 Å². The largest absolute Gasteiger partial charge is 0.385 e. The van der Waals surface area contributed by atoms with E-state index in [9.17, 15) is 0 Å². The van der Waals surface area contributed by atoms with Gasteiger partial charge >= 0.3 is 0 Å². The normalized spacial score (nSPS) is 12.1. The monoisotopic (exact) mass is 207 g/mol. The summed E-state index contributed by atoms with van der Waals surface area (Å²) >= 11 is 0. The molecule has 1 nitrogen and oxygen atoms in total. The first-order valence-electron chi connectivity index (χ1n) is 5.38. The molecule has 0 aromatic rings. The Hall–Kier alpha value is -0.980. The smallest absolute Gasteiger partial charge is 0.0325 e. The molecule has 86 valence electrons. The van der Waals surface area contributed by atoms with Crippen LogP contribution in [-0.2, 0) is 0 Å². The molecule has 0 aromatic heterocycles. The topological polar surface area (TPSA) is 12.0 Å². The lowest BCUT2D eigenvalue weighted by molar-refractivity contribution is 0.190. The fraction of sp³-hybridized carbons (Fsp3) is 0.571. The van der Waals surface area contributed by atoms with Crippen LogP contribution in [0.2, 0.25) is 0 Å². The highest BCUT2D eigenvalue weighted by Crippen LogP contribution is 2.46. The van der Waals surface area contributed by atoms with Crippen LogP contribution in [0.25, 0.3) is 0 Å². The summed E-state index contributed by atoms with van der Waals surface area (Å²) in [6.45, 7) is 23.5. The molecule has 0 saturated heterocycles. The minimum atomic E-state index is -0.0259. The minimum Gasteiger partial charge on any atom is -0.385 e. The Kier molecular flexibility index (Phi) is 4.39. The van der Waals surface area contributed by atoms with Crippen molar-refractivity contribution in [3.63, 3.8) is 0 Å². The summed E-state index contributed by atoms with van der Waals surface area (Å²) in [5.74, 6) is 0. The molecule has 15 heavy (non-hydrogen) atoms. The lowest BCUT2D eigenvalue weighted by Crippen LogP contribution is -2.39. The zero-order valence-electron chi connectivity index (χ0n) is 10.9. The van der Waals surface area contributed by atoms with Crippen molar-refractivity contribution in [2.45, 2.75) is 34.6 Å². The highest BCUT2D eigenvalue weighted by atomic mass is 14.9. The summed E-state index contributed by atoms with van der Waals surface area (Å²) in [5.41, 5.74) is 2.21. The van der Waals surface area contributed by atoms with E-state index >= 15 is 0 Å². The molecule has 1 heteroatoms. The SMILES string of the molecule is C=CCNC(=C)C(C)(C)C(C)(C)C(=C)C. The maximum absolute atomic E-state index is 4.11. The molecule has 0 fully saturated rings. The van der Waals surface area contributed by atoms with Crippen molar-refractivity contribution in [1.29, 1.82) is 0 Å². The number of rotatable bonds is 6. The lowest BCUT2D eigenvalue weighted by Gasteiger charge is -2.44. The van der Waals surface area contributed by atoms with Gasteiger partial charge in [0.25, 0.3) is 0 Å². The molecule has 0 unspecified atom stereocenters. The first-order chi connectivity index (χ1) is 6.67. The van der Waals surface area contributed by atoms with Crippen LogP contribution in [-0.4, -0.2) is 6.54 Å². The fourth-order valence-electron chi connectivity index (χ4n) is 1.33. The zero-order chi connectivity index (χ0) is 12.3. The molecule has 0 spiro atoms. The van der Waals surface area contributed by atoms with Gasteiger partial charge in [-0.3, -0.25) is 0 Å². The van der Waals surface area contributed by atoms with Crippen molar-refractivity contribution in [1.82, 2.24) is 5.32 Å². The first-order valence-corrected chi connectivity index (χ1v) is 5.38. The first kappa shape index (κ1) is 14.0. The van der Waals surface area contributed by atoms with Crippen molar-refractivity contribution in [3.05, 3.63) is 37.1 Å². The fourth-order valence-corrected chi connectivity index (χ4v) is 1.33. The van der Waals surface area contributed by atoms with Gasteiger partial charge in [0.05, 0.1) is 0 Å². The third-order valence-electron chi connectivity index (χ3n) is 3.84. The van der Waals surface area contributed by atoms with E-state index in [2.05, 4.69) is 59.7 Å². The molecule has 0 aliphatic heterocycles. The standard InChI is InChI=1S/C14H25N/c1-9-10-15-12(4)14(7,8)13(5,6)11(2)3/h9,15H,1-2,4,10H2,3,5-8H3. The Morgan fingerprint density at radius 1 is 1.13 bits per heavy atom. The zero-order valence-corrected chi connectivity index (χ0v) is 10.9. The van der Waals surface area contributed by atoms with Crippen LogP contribution >= 0.6 is 0 Å². The minimum absolute atomic E-state index is 0.0259. The predicted molar refractivity (Wildman–Crippen MR) is 69.7 cm³/mol. The van der Waals surface area contributed by atoms with Gasteiger partial charge in [-0.05, 0) is 12.3 Å². The van der Waals surface area contributed by atoms with Crippen LogP contribution in [0, 0.1) is 10.8 Å². The molecule has 0 atom stereocenters. The van der Waals surface area contributed by atoms with Crippen molar-refractivity contribution in [3.8, 4) is 0 Å². The molecule has 0 heterocycles. The van der Waals surface area contributed by atoms with E-state index < -0.39 is 0 Å². The summed E-state index contributed by atoms with van der Waals surface area (Å²) in [5, 5.41) is 3.28. The second-order valence-corrected chi connectivity index (χ2v) is 5.18. The van der Waals surface area contributed by atoms with Gasteiger partial charge in [0.2, 0.25) is 0 Å². The Bertz CT molecular complexity index is 269. The van der Waals surface area contributed by atoms with Gasteiger partial charge < -0.3 is 5.32 Å². The Morgan fingerprint density at radius 2 is 1.60 bits per heavy atom. The number of allylic oxidation sites excluding steroid dienone is 2. The molecule has 1 N–H and O–H groups in total. The molecule has 0 bridgehead atoms. The van der Waals surface area contributed by atoms with Crippen LogP contribution in [0.4, 0.5) is 0 Å². The molecular formula is C14H25N. The number of hydrogen-bond acceptors (Lipinski definition) is 1. The Labute approximate surface area is 95.0 Å². The van der Waals surface area contributed by atoms with E-state index in [1.165, 1.54) is 5.57 Å². The van der Waals surface area contributed by atoms with Crippen molar-refractivity contribution >= 4 is 0 Å². The maximum Gasteiger partial charge on any atom is 0.0325 e. The number of nitrogens with one attached hydrogen (secondary N) is 1. The molecule has 0 saturated carbocycles. The van der Waals surface area contributed by atoms with E-state index in [0.29, 0.717) is 0 Å². The van der Waals surface area contributed by atoms with Crippen LogP contribution < -0.4 is 5.32 Å². The van der Waals surface area contributed by atoms with Crippen LogP contribution in [0.1, 0.15) is 34.6 Å². The summed E-state index contributed by atoms with van der Waals surface area (Å²) in [4.78, 5) is 0. The molecular weight excluding hydrogens is 182 g/mol. The van der Waals surface area contributed by atoms with Gasteiger partial charge in [0.15, 0.2) is 0 Å². The average molecular weight is 207 g/mol. The van der Waals surface area contributed by atoms with E-state index in [4.69, 9.17) is 0 Å². The Balaban J connectivity index is 4.87. The summed E-state index contributed by atoms with van der Waals surface area (Å²) < 4.78 is 0. The second-order valence-electron chi connectivity index (χ2n) is 5.18. The molecule has 0 aromatic carbocycles. The maximum atomic E-state index is 4.11. The van der Waals surface area contributed by atoms with Crippen molar-refractivity contribution in [2.75, 3.05) is 6.54 Å². The Morgan fingerprint density at radius 3 is 1.93 bits per heavy atom.